The molecule has 1 heterocycles. The first kappa shape index (κ1) is 84.7. The van der Waals surface area contributed by atoms with Gasteiger partial charge in [0, 0.05) is 148 Å². The van der Waals surface area contributed by atoms with E-state index in [1.807, 2.05) is 84.0 Å². The lowest BCUT2D eigenvalue weighted by atomic mass is 9.97. The fourth-order valence-corrected chi connectivity index (χ4v) is 11.7. The number of aromatic nitrogens is 1. The molecule has 0 fully saturated rings. The molecule has 28 nitrogen and oxygen atoms in total. The number of fused-ring (bicyclic) bond motifs is 1. The number of hydrogen-bond donors (Lipinski definition) is 16. The quantitative estimate of drug-likeness (QED) is 0.0382. The number of carbonyl (C=O) groups excluding carboxylic acids is 9. The molecule has 99 heavy (non-hydrogen) atoms. The lowest BCUT2D eigenvalue weighted by Gasteiger charge is -2.27. The number of amides is 9. The van der Waals surface area contributed by atoms with Crippen molar-refractivity contribution in [2.24, 2.45) is 40.9 Å². The van der Waals surface area contributed by atoms with Crippen LogP contribution < -0.4 is 65.1 Å². The van der Waals surface area contributed by atoms with Crippen molar-refractivity contribution < 1.29 is 72.9 Å². The smallest absolute Gasteiger partial charge is 0.305 e. The Balaban J connectivity index is 1.75. The molecule has 19 N–H and O–H groups in total. The number of aliphatic carboxylic acids is 3. The van der Waals surface area contributed by atoms with Crippen LogP contribution >= 0.6 is 0 Å². The number of rotatable bonds is 50. The third kappa shape index (κ3) is 36.2. The monoisotopic (exact) mass is 1390 g/mol. The van der Waals surface area contributed by atoms with Gasteiger partial charge in [-0.05, 0) is 112 Å². The molecule has 0 saturated carbocycles. The van der Waals surface area contributed by atoms with Crippen molar-refractivity contribution in [1.29, 1.82) is 0 Å². The molecule has 28 heteroatoms. The number of aromatic amines is 1. The van der Waals surface area contributed by atoms with Crippen LogP contribution in [0.5, 0.6) is 0 Å². The average Bonchev–Trinajstić information content (AvgIpc) is 1.72. The second kappa shape index (κ2) is 45.2. The summed E-state index contributed by atoms with van der Waals surface area (Å²) < 4.78 is 0. The maximum Gasteiger partial charge on any atom is 0.305 e. The topological polar surface area (TPSA) is 468 Å². The summed E-state index contributed by atoms with van der Waals surface area (Å²) in [6.45, 7) is 15.6. The second-order valence-corrected chi connectivity index (χ2v) is 27.6. The van der Waals surface area contributed by atoms with Crippen molar-refractivity contribution in [2.75, 3.05) is 13.1 Å². The highest BCUT2D eigenvalue weighted by Gasteiger charge is 2.31. The number of nitrogens with two attached hydrogens (primary N) is 3. The zero-order valence-electron chi connectivity index (χ0n) is 59.1. The maximum absolute atomic E-state index is 14.3. The minimum Gasteiger partial charge on any atom is -0.481 e. The third-order valence-corrected chi connectivity index (χ3v) is 17.1. The van der Waals surface area contributed by atoms with Gasteiger partial charge in [-0.1, -0.05) is 104 Å². The molecule has 0 aliphatic rings. The molecule has 0 radical (unpaired) electrons. The summed E-state index contributed by atoms with van der Waals surface area (Å²) in [5.74, 6) is -8.48. The number of para-hydroxylation sites is 1. The van der Waals surface area contributed by atoms with Gasteiger partial charge < -0.3 is 85.4 Å². The molecule has 0 aliphatic carbocycles. The molecule has 0 spiro atoms. The summed E-state index contributed by atoms with van der Waals surface area (Å²) in [7, 11) is 0. The van der Waals surface area contributed by atoms with E-state index >= 15 is 0 Å². The number of carboxylic acid groups (broad SMARTS) is 3. The standard InChI is InChI=1S/C71H113N13O15/c1-42(2)28-52(79-66(91)38-57(43(3)4)82-60(85)31-48(74)18-14-26-72)34-61(86)77-50(22-24-69(94)95)33-65(90)84-59(45(7)8)40-68(93)81-54(30-47-41-75-56-21-13-12-20-55(47)56)36-63(88)76-49(19-15-27-73)32-64(89)83-58(44(5)6)39-67(92)80-53(29-46-16-10-9-11-17-46)35-62(87)78-51(37-71(98)99)23-25-70(96)97/h9-13,16-17,20-21,41-45,48-54,57-59,75H,14-15,18-19,22-40,72-74H2,1-8H3,(H,76,88)(H,77,86)(H,78,87)(H,79,91)(H,80,92)(H,81,93)(H,82,85)(H,83,89)(H,84,90)(H,94,95)(H,96,97)(H,98,99)/t48-,49-,50-,51-,52-,53-,54-,57-,58-,59-/m0/s1. The lowest BCUT2D eigenvalue weighted by Crippen LogP contribution is -2.49. The first-order valence-electron chi connectivity index (χ1n) is 34.9. The Morgan fingerprint density at radius 3 is 1.20 bits per heavy atom. The van der Waals surface area contributed by atoms with Gasteiger partial charge in [-0.3, -0.25) is 57.5 Å². The number of nitrogens with one attached hydrogen (secondary N) is 10. The van der Waals surface area contributed by atoms with Gasteiger partial charge in [0.2, 0.25) is 53.2 Å². The van der Waals surface area contributed by atoms with Gasteiger partial charge >= 0.3 is 17.9 Å². The van der Waals surface area contributed by atoms with E-state index in [0.29, 0.717) is 38.6 Å². The van der Waals surface area contributed by atoms with Crippen LogP contribution in [0.4, 0.5) is 0 Å². The van der Waals surface area contributed by atoms with Crippen LogP contribution in [0.2, 0.25) is 0 Å². The van der Waals surface area contributed by atoms with Gasteiger partial charge in [-0.15, -0.1) is 0 Å². The van der Waals surface area contributed by atoms with Gasteiger partial charge in [-0.2, -0.15) is 0 Å². The van der Waals surface area contributed by atoms with E-state index in [1.54, 1.807) is 32.2 Å². The molecule has 552 valence electrons. The van der Waals surface area contributed by atoms with Crippen LogP contribution in [-0.2, 0) is 70.4 Å². The zero-order chi connectivity index (χ0) is 73.7. The Morgan fingerprint density at radius 2 is 0.758 bits per heavy atom. The zero-order valence-corrected chi connectivity index (χ0v) is 59.1. The van der Waals surface area contributed by atoms with E-state index in [2.05, 4.69) is 52.8 Å². The highest BCUT2D eigenvalue weighted by atomic mass is 16.4. The molecular weight excluding hydrogens is 1270 g/mol. The fourth-order valence-electron chi connectivity index (χ4n) is 11.7. The van der Waals surface area contributed by atoms with E-state index in [4.69, 9.17) is 17.2 Å². The number of benzene rings is 2. The molecular formula is C71H113N13O15. The summed E-state index contributed by atoms with van der Waals surface area (Å²) in [5.41, 5.74) is 20.1. The van der Waals surface area contributed by atoms with E-state index in [0.717, 1.165) is 22.0 Å². The van der Waals surface area contributed by atoms with Crippen molar-refractivity contribution in [3.8, 4) is 0 Å². The molecule has 1 aromatic heterocycles. The molecule has 3 aromatic rings. The first-order chi connectivity index (χ1) is 46.8. The SMILES string of the molecule is CC(C)C[C@@H](CC(=O)N[C@@H](CCC(=O)O)CC(=O)N[C@@H](CC(=O)N[C@H](CC(=O)N[C@@H](CCCN)CC(=O)N[C@@H](CC(=O)N[C@H](CC(=O)N[C@@H](CCC(=O)O)CC(=O)O)Cc1ccccc1)C(C)C)Cc1c[nH]c2ccccc12)C(C)C)NC(=O)C[C@H](NC(=O)C[C@@H](N)CCCN)C(C)C. The van der Waals surface area contributed by atoms with Crippen molar-refractivity contribution >= 4 is 82.0 Å². The molecule has 10 atom stereocenters. The minimum absolute atomic E-state index is 0.0477. The predicted octanol–water partition coefficient (Wildman–Crippen LogP) is 3.85. The molecule has 0 aliphatic heterocycles. The molecule has 3 rings (SSSR count). The molecule has 9 amide bonds. The predicted molar refractivity (Wildman–Crippen MR) is 376 cm³/mol. The van der Waals surface area contributed by atoms with Gasteiger partial charge in [0.05, 0.1) is 6.42 Å². The number of carboxylic acids is 3. The summed E-state index contributed by atoms with van der Waals surface area (Å²) in [4.78, 5) is 162. The van der Waals surface area contributed by atoms with Crippen LogP contribution in [0.3, 0.4) is 0 Å². The minimum atomic E-state index is -1.22. The molecule has 0 bridgehead atoms. The van der Waals surface area contributed by atoms with E-state index in [9.17, 15) is 72.9 Å². The van der Waals surface area contributed by atoms with Crippen LogP contribution in [0.25, 0.3) is 10.9 Å². The average molecular weight is 1390 g/mol. The van der Waals surface area contributed by atoms with Crippen molar-refractivity contribution in [3.63, 3.8) is 0 Å². The third-order valence-electron chi connectivity index (χ3n) is 17.1. The Labute approximate surface area is 581 Å². The van der Waals surface area contributed by atoms with E-state index in [-0.39, 0.29) is 144 Å². The van der Waals surface area contributed by atoms with Crippen LogP contribution in [0, 0.1) is 23.7 Å². The highest BCUT2D eigenvalue weighted by Crippen LogP contribution is 2.22. The number of hydrogen-bond acceptors (Lipinski definition) is 15. The molecule has 0 unspecified atom stereocenters. The Kier molecular flexibility index (Phi) is 38.7. The normalized spacial score (nSPS) is 14.5. The highest BCUT2D eigenvalue weighted by molar-refractivity contribution is 5.87. The maximum atomic E-state index is 14.3. The Hall–Kier alpha value is -8.50. The van der Waals surface area contributed by atoms with Gasteiger partial charge in [-0.25, -0.2) is 0 Å². The largest absolute Gasteiger partial charge is 0.481 e. The lowest BCUT2D eigenvalue weighted by molar-refractivity contribution is -0.140. The van der Waals surface area contributed by atoms with E-state index < -0.39 is 120 Å². The Morgan fingerprint density at radius 1 is 0.394 bits per heavy atom. The van der Waals surface area contributed by atoms with Gasteiger partial charge in [0.15, 0.2) is 0 Å². The summed E-state index contributed by atoms with van der Waals surface area (Å²) in [6.07, 6.45) is 1.52. The van der Waals surface area contributed by atoms with Crippen LogP contribution in [0.1, 0.15) is 189 Å². The van der Waals surface area contributed by atoms with Gasteiger partial charge in [0.1, 0.15) is 0 Å². The fraction of sp³-hybridized carbons (Fsp3) is 0.634. The summed E-state index contributed by atoms with van der Waals surface area (Å²) >= 11 is 0. The second-order valence-electron chi connectivity index (χ2n) is 27.6. The van der Waals surface area contributed by atoms with Crippen LogP contribution in [0.15, 0.2) is 60.8 Å². The Bertz CT molecular complexity index is 3070. The molecule has 2 aromatic carbocycles. The first-order valence-corrected chi connectivity index (χ1v) is 34.9. The van der Waals surface area contributed by atoms with Crippen molar-refractivity contribution in [2.45, 2.75) is 251 Å². The number of H-pyrrole nitrogens is 1. The van der Waals surface area contributed by atoms with Crippen LogP contribution in [-0.4, -0.2) is 165 Å². The van der Waals surface area contributed by atoms with Crippen molar-refractivity contribution in [3.05, 3.63) is 71.9 Å². The van der Waals surface area contributed by atoms with E-state index in [1.165, 1.54) is 0 Å². The summed E-state index contributed by atoms with van der Waals surface area (Å²) in [6, 6.07) is 9.33. The summed E-state index contributed by atoms with van der Waals surface area (Å²) in [5, 5.41) is 55.2. The molecule has 0 saturated heterocycles. The van der Waals surface area contributed by atoms with Gasteiger partial charge in [0.25, 0.3) is 0 Å². The number of carbonyl (C=O) groups is 12. The van der Waals surface area contributed by atoms with Crippen molar-refractivity contribution in [1.82, 2.24) is 52.8 Å².